The Kier molecular flexibility index (Phi) is 5.46. The molecule has 1 aromatic rings. The van der Waals surface area contributed by atoms with Gasteiger partial charge in [-0.15, -0.1) is 0 Å². The van der Waals surface area contributed by atoms with E-state index in [2.05, 4.69) is 5.32 Å². The quantitative estimate of drug-likeness (QED) is 0.802. The first-order valence-corrected chi connectivity index (χ1v) is 8.92. The van der Waals surface area contributed by atoms with Gasteiger partial charge in [0.15, 0.2) is 0 Å². The van der Waals surface area contributed by atoms with Gasteiger partial charge in [0.2, 0.25) is 17.7 Å². The number of nitrogens with one attached hydrogen (secondary N) is 1. The molecule has 1 saturated carbocycles. The number of carbonyl (C=O) groups excluding carboxylic acids is 3. The van der Waals surface area contributed by atoms with Gasteiger partial charge in [0.05, 0.1) is 11.8 Å². The van der Waals surface area contributed by atoms with Gasteiger partial charge in [-0.05, 0) is 37.0 Å². The average Bonchev–Trinajstić information content (AvgIpc) is 2.85. The number of imide groups is 1. The van der Waals surface area contributed by atoms with Gasteiger partial charge in [-0.3, -0.25) is 19.3 Å². The maximum Gasteiger partial charge on any atom is 0.233 e. The van der Waals surface area contributed by atoms with E-state index in [-0.39, 0.29) is 48.3 Å². The molecule has 25 heavy (non-hydrogen) atoms. The molecule has 1 saturated heterocycles. The van der Waals surface area contributed by atoms with Crippen molar-refractivity contribution in [2.75, 3.05) is 13.1 Å². The summed E-state index contributed by atoms with van der Waals surface area (Å²) in [6.07, 6.45) is 4.20. The minimum Gasteiger partial charge on any atom is -0.356 e. The van der Waals surface area contributed by atoms with Crippen molar-refractivity contribution in [1.29, 1.82) is 0 Å². The second-order valence-electron chi connectivity index (χ2n) is 6.81. The molecule has 6 heteroatoms. The number of fused-ring (bicyclic) bond motifs is 1. The first kappa shape index (κ1) is 17.6. The molecule has 3 amide bonds. The Balaban J connectivity index is 1.43. The van der Waals surface area contributed by atoms with Gasteiger partial charge < -0.3 is 5.32 Å². The zero-order valence-corrected chi connectivity index (χ0v) is 14.2. The minimum absolute atomic E-state index is 0.109. The van der Waals surface area contributed by atoms with Crippen LogP contribution in [-0.2, 0) is 20.8 Å². The van der Waals surface area contributed by atoms with E-state index in [0.29, 0.717) is 13.0 Å². The minimum atomic E-state index is -0.295. The van der Waals surface area contributed by atoms with Crippen LogP contribution in [0.3, 0.4) is 0 Å². The highest BCUT2D eigenvalue weighted by atomic mass is 19.1. The van der Waals surface area contributed by atoms with Crippen LogP contribution in [0.2, 0.25) is 0 Å². The van der Waals surface area contributed by atoms with Crippen molar-refractivity contribution in [3.8, 4) is 0 Å². The van der Waals surface area contributed by atoms with Gasteiger partial charge in [-0.1, -0.05) is 25.0 Å². The highest BCUT2D eigenvalue weighted by Gasteiger charge is 2.47. The summed E-state index contributed by atoms with van der Waals surface area (Å²) in [7, 11) is 0. The van der Waals surface area contributed by atoms with E-state index >= 15 is 0 Å². The fraction of sp³-hybridized carbons (Fsp3) is 0.526. The average molecular weight is 346 g/mol. The van der Waals surface area contributed by atoms with Crippen LogP contribution in [0, 0.1) is 17.7 Å². The fourth-order valence-electron chi connectivity index (χ4n) is 3.79. The van der Waals surface area contributed by atoms with E-state index in [1.165, 1.54) is 17.0 Å². The lowest BCUT2D eigenvalue weighted by Crippen LogP contribution is -2.35. The Morgan fingerprint density at radius 3 is 2.48 bits per heavy atom. The number of rotatable bonds is 6. The molecule has 1 heterocycles. The highest BCUT2D eigenvalue weighted by Crippen LogP contribution is 2.37. The Morgan fingerprint density at radius 1 is 1.16 bits per heavy atom. The summed E-state index contributed by atoms with van der Waals surface area (Å²) in [5, 5.41) is 2.76. The van der Waals surface area contributed by atoms with Gasteiger partial charge in [-0.25, -0.2) is 4.39 Å². The lowest BCUT2D eigenvalue weighted by Gasteiger charge is -2.19. The van der Waals surface area contributed by atoms with Crippen molar-refractivity contribution >= 4 is 17.7 Å². The molecule has 1 aliphatic heterocycles. The molecule has 0 spiro atoms. The van der Waals surface area contributed by atoms with Gasteiger partial charge in [0.1, 0.15) is 5.82 Å². The third kappa shape index (κ3) is 4.06. The predicted molar refractivity (Wildman–Crippen MR) is 89.9 cm³/mol. The first-order chi connectivity index (χ1) is 12.1. The van der Waals surface area contributed by atoms with Crippen LogP contribution in [0.1, 0.15) is 37.7 Å². The van der Waals surface area contributed by atoms with Gasteiger partial charge in [-0.2, -0.15) is 0 Å². The number of hydrogen-bond acceptors (Lipinski definition) is 3. The maximum atomic E-state index is 13.1. The van der Waals surface area contributed by atoms with Crippen LogP contribution >= 0.6 is 0 Å². The van der Waals surface area contributed by atoms with Gasteiger partial charge in [0, 0.05) is 19.5 Å². The highest BCUT2D eigenvalue weighted by molar-refractivity contribution is 6.05. The molecule has 0 aromatic heterocycles. The van der Waals surface area contributed by atoms with Crippen molar-refractivity contribution in [3.05, 3.63) is 35.6 Å². The fourth-order valence-corrected chi connectivity index (χ4v) is 3.79. The zero-order valence-electron chi connectivity index (χ0n) is 14.2. The van der Waals surface area contributed by atoms with Crippen LogP contribution in [0.4, 0.5) is 4.39 Å². The number of amides is 3. The summed E-state index contributed by atoms with van der Waals surface area (Å²) in [6, 6.07) is 6.26. The third-order valence-electron chi connectivity index (χ3n) is 5.12. The summed E-state index contributed by atoms with van der Waals surface area (Å²) in [5.74, 6) is -1.05. The zero-order chi connectivity index (χ0) is 17.8. The van der Waals surface area contributed by atoms with E-state index in [9.17, 15) is 18.8 Å². The summed E-state index contributed by atoms with van der Waals surface area (Å²) < 4.78 is 13.1. The normalized spacial score (nSPS) is 22.8. The van der Waals surface area contributed by atoms with E-state index in [1.807, 2.05) is 0 Å². The van der Waals surface area contributed by atoms with Crippen LogP contribution in [0.15, 0.2) is 24.3 Å². The SMILES string of the molecule is O=C(CCN1C(=O)[C@H]2CCCC[C@H]2C1=O)NCCc1cccc(F)c1. The number of nitrogens with zero attached hydrogens (tertiary/aromatic N) is 1. The molecule has 1 aromatic carbocycles. The molecule has 134 valence electrons. The van der Waals surface area contributed by atoms with Crippen LogP contribution < -0.4 is 5.32 Å². The van der Waals surface area contributed by atoms with Crippen LogP contribution in [0.25, 0.3) is 0 Å². The number of benzene rings is 1. The van der Waals surface area contributed by atoms with E-state index in [1.54, 1.807) is 12.1 Å². The van der Waals surface area contributed by atoms with Crippen LogP contribution in [0.5, 0.6) is 0 Å². The predicted octanol–water partition coefficient (Wildman–Crippen LogP) is 2.05. The molecular weight excluding hydrogens is 323 g/mol. The Morgan fingerprint density at radius 2 is 1.84 bits per heavy atom. The molecule has 1 aliphatic carbocycles. The lowest BCUT2D eigenvalue weighted by molar-refractivity contribution is -0.140. The molecule has 5 nitrogen and oxygen atoms in total. The Labute approximate surface area is 146 Å². The molecule has 2 atom stereocenters. The third-order valence-corrected chi connectivity index (χ3v) is 5.12. The second kappa shape index (κ2) is 7.76. The first-order valence-electron chi connectivity index (χ1n) is 8.92. The maximum absolute atomic E-state index is 13.1. The molecule has 2 aliphatic rings. The summed E-state index contributed by atoms with van der Waals surface area (Å²) >= 11 is 0. The monoisotopic (exact) mass is 346 g/mol. The molecule has 0 unspecified atom stereocenters. The molecule has 0 bridgehead atoms. The Bertz CT molecular complexity index is 652. The summed E-state index contributed by atoms with van der Waals surface area (Å²) in [4.78, 5) is 37.9. The van der Waals surface area contributed by atoms with Crippen molar-refractivity contribution in [2.24, 2.45) is 11.8 Å². The van der Waals surface area contributed by atoms with Crippen molar-refractivity contribution in [1.82, 2.24) is 10.2 Å². The smallest absolute Gasteiger partial charge is 0.233 e. The lowest BCUT2D eigenvalue weighted by atomic mass is 9.81. The van der Waals surface area contributed by atoms with E-state index in [0.717, 1.165) is 31.2 Å². The van der Waals surface area contributed by atoms with E-state index < -0.39 is 0 Å². The molecular formula is C19H23FN2O3. The van der Waals surface area contributed by atoms with Gasteiger partial charge >= 0.3 is 0 Å². The summed E-state index contributed by atoms with van der Waals surface area (Å²) in [6.45, 7) is 0.548. The number of likely N-dealkylation sites (tertiary alicyclic amines) is 1. The summed E-state index contributed by atoms with van der Waals surface area (Å²) in [5.41, 5.74) is 0.814. The van der Waals surface area contributed by atoms with Gasteiger partial charge in [0.25, 0.3) is 0 Å². The molecule has 3 rings (SSSR count). The number of hydrogen-bond donors (Lipinski definition) is 1. The van der Waals surface area contributed by atoms with Crippen molar-refractivity contribution < 1.29 is 18.8 Å². The largest absolute Gasteiger partial charge is 0.356 e. The van der Waals surface area contributed by atoms with Crippen molar-refractivity contribution in [2.45, 2.75) is 38.5 Å². The standard InChI is InChI=1S/C19H23FN2O3/c20-14-5-3-4-13(12-14)8-10-21-17(23)9-11-22-18(24)15-6-1-2-7-16(15)19(22)25/h3-5,12,15-16H,1-2,6-11H2,(H,21,23)/t15-,16+. The Hall–Kier alpha value is -2.24. The molecule has 1 N–H and O–H groups in total. The van der Waals surface area contributed by atoms with E-state index in [4.69, 9.17) is 0 Å². The molecule has 2 fully saturated rings. The number of halogens is 1. The molecule has 0 radical (unpaired) electrons. The topological polar surface area (TPSA) is 66.5 Å². The number of carbonyl (C=O) groups is 3. The van der Waals surface area contributed by atoms with Crippen molar-refractivity contribution in [3.63, 3.8) is 0 Å². The van der Waals surface area contributed by atoms with Crippen LogP contribution in [-0.4, -0.2) is 35.7 Å². The second-order valence-corrected chi connectivity index (χ2v) is 6.81.